The van der Waals surface area contributed by atoms with Gasteiger partial charge in [-0.3, -0.25) is 0 Å². The molecule has 0 atom stereocenters. The van der Waals surface area contributed by atoms with E-state index in [1.807, 2.05) is 38.1 Å². The molecule has 2 rings (SSSR count). The first-order valence-electron chi connectivity index (χ1n) is 5.93. The molecule has 0 saturated heterocycles. The first-order chi connectivity index (χ1) is 8.66. The molecule has 1 aromatic heterocycles. The number of benzene rings is 1. The van der Waals surface area contributed by atoms with Crippen molar-refractivity contribution >= 4 is 0 Å². The van der Waals surface area contributed by atoms with Crippen molar-refractivity contribution in [2.24, 2.45) is 0 Å². The highest BCUT2D eigenvalue weighted by molar-refractivity contribution is 5.42. The third-order valence-corrected chi connectivity index (χ3v) is 2.81. The van der Waals surface area contributed by atoms with Gasteiger partial charge in [0.15, 0.2) is 0 Å². The molecule has 2 aromatic rings. The second-order valence-corrected chi connectivity index (χ2v) is 4.40. The Morgan fingerprint density at radius 2 is 1.89 bits per heavy atom. The number of aromatic hydroxyl groups is 1. The van der Waals surface area contributed by atoms with Crippen molar-refractivity contribution in [3.63, 3.8) is 0 Å². The Bertz CT molecular complexity index is 503. The topological polar surface area (TPSA) is 58.0 Å². The lowest BCUT2D eigenvalue weighted by Crippen LogP contribution is -2.14. The lowest BCUT2D eigenvalue weighted by Gasteiger charge is -2.08. The summed E-state index contributed by atoms with van der Waals surface area (Å²) in [6.45, 7) is 5.26. The van der Waals surface area contributed by atoms with Crippen LogP contribution in [0.25, 0.3) is 0 Å². The van der Waals surface area contributed by atoms with Crippen molar-refractivity contribution in [2.75, 3.05) is 0 Å². The molecule has 0 unspecified atom stereocenters. The SMILES string of the molecule is Cc1cc(CNCc2cccnn2)cc(C)c1O. The van der Waals surface area contributed by atoms with E-state index in [4.69, 9.17) is 0 Å². The Hall–Kier alpha value is -1.94. The van der Waals surface area contributed by atoms with Gasteiger partial charge in [0.1, 0.15) is 5.75 Å². The Morgan fingerprint density at radius 1 is 1.17 bits per heavy atom. The fraction of sp³-hybridized carbons (Fsp3) is 0.286. The van der Waals surface area contributed by atoms with E-state index in [1.165, 1.54) is 0 Å². The summed E-state index contributed by atoms with van der Waals surface area (Å²) in [5, 5.41) is 20.8. The number of hydrogen-bond acceptors (Lipinski definition) is 4. The van der Waals surface area contributed by atoms with Crippen LogP contribution in [-0.2, 0) is 13.1 Å². The van der Waals surface area contributed by atoms with Gasteiger partial charge in [-0.2, -0.15) is 10.2 Å². The van der Waals surface area contributed by atoms with Gasteiger partial charge in [-0.05, 0) is 42.7 Å². The molecule has 2 N–H and O–H groups in total. The number of phenols is 1. The van der Waals surface area contributed by atoms with Crippen LogP contribution in [0, 0.1) is 13.8 Å². The molecule has 1 aromatic carbocycles. The van der Waals surface area contributed by atoms with Gasteiger partial charge < -0.3 is 10.4 Å². The minimum Gasteiger partial charge on any atom is -0.507 e. The summed E-state index contributed by atoms with van der Waals surface area (Å²) < 4.78 is 0. The summed E-state index contributed by atoms with van der Waals surface area (Å²) in [5.41, 5.74) is 3.90. The fourth-order valence-corrected chi connectivity index (χ4v) is 1.91. The molecular formula is C14H17N3O. The Morgan fingerprint density at radius 3 is 2.50 bits per heavy atom. The largest absolute Gasteiger partial charge is 0.507 e. The van der Waals surface area contributed by atoms with E-state index in [9.17, 15) is 5.11 Å². The predicted octanol–water partition coefficient (Wildman–Crippen LogP) is 2.09. The van der Waals surface area contributed by atoms with Crippen molar-refractivity contribution < 1.29 is 5.11 Å². The first kappa shape index (κ1) is 12.5. The van der Waals surface area contributed by atoms with Gasteiger partial charge >= 0.3 is 0 Å². The average Bonchev–Trinajstić information content (AvgIpc) is 2.37. The number of aryl methyl sites for hydroxylation is 2. The first-order valence-corrected chi connectivity index (χ1v) is 5.93. The molecule has 1 heterocycles. The molecule has 0 fully saturated rings. The van der Waals surface area contributed by atoms with Gasteiger partial charge in [0.25, 0.3) is 0 Å². The van der Waals surface area contributed by atoms with E-state index in [-0.39, 0.29) is 0 Å². The zero-order chi connectivity index (χ0) is 13.0. The van der Waals surface area contributed by atoms with Crippen LogP contribution in [0.15, 0.2) is 30.5 Å². The molecule has 0 bridgehead atoms. The highest BCUT2D eigenvalue weighted by Gasteiger charge is 2.03. The van der Waals surface area contributed by atoms with Crippen LogP contribution in [0.2, 0.25) is 0 Å². The fourth-order valence-electron chi connectivity index (χ4n) is 1.91. The average molecular weight is 243 g/mol. The van der Waals surface area contributed by atoms with Gasteiger partial charge in [-0.1, -0.05) is 12.1 Å². The van der Waals surface area contributed by atoms with Crippen molar-refractivity contribution in [2.45, 2.75) is 26.9 Å². The molecule has 94 valence electrons. The van der Waals surface area contributed by atoms with Crippen LogP contribution < -0.4 is 5.32 Å². The lowest BCUT2D eigenvalue weighted by atomic mass is 10.1. The number of phenolic OH excluding ortho intramolecular Hbond substituents is 1. The van der Waals surface area contributed by atoms with Crippen LogP contribution in [-0.4, -0.2) is 15.3 Å². The number of rotatable bonds is 4. The zero-order valence-electron chi connectivity index (χ0n) is 10.6. The Kier molecular flexibility index (Phi) is 3.89. The highest BCUT2D eigenvalue weighted by Crippen LogP contribution is 2.22. The standard InChI is InChI=1S/C14H17N3O/c1-10-6-12(7-11(2)14(10)18)8-15-9-13-4-3-5-16-17-13/h3-7,15,18H,8-9H2,1-2H3. The molecule has 4 heteroatoms. The predicted molar refractivity (Wildman–Crippen MR) is 70.2 cm³/mol. The highest BCUT2D eigenvalue weighted by atomic mass is 16.3. The Balaban J connectivity index is 1.95. The number of hydrogen-bond donors (Lipinski definition) is 2. The third kappa shape index (κ3) is 3.05. The smallest absolute Gasteiger partial charge is 0.121 e. The molecule has 0 spiro atoms. The summed E-state index contributed by atoms with van der Waals surface area (Å²) >= 11 is 0. The van der Waals surface area contributed by atoms with Gasteiger partial charge in [-0.25, -0.2) is 0 Å². The maximum absolute atomic E-state index is 9.70. The monoisotopic (exact) mass is 243 g/mol. The van der Waals surface area contributed by atoms with Gasteiger partial charge in [0.2, 0.25) is 0 Å². The maximum atomic E-state index is 9.70. The molecular weight excluding hydrogens is 226 g/mol. The molecule has 0 aliphatic rings. The van der Waals surface area contributed by atoms with Crippen LogP contribution in [0.4, 0.5) is 0 Å². The molecule has 0 radical (unpaired) electrons. The zero-order valence-corrected chi connectivity index (χ0v) is 10.6. The van der Waals surface area contributed by atoms with Gasteiger partial charge in [0, 0.05) is 19.3 Å². The molecule has 0 saturated carbocycles. The maximum Gasteiger partial charge on any atom is 0.121 e. The summed E-state index contributed by atoms with van der Waals surface area (Å²) in [6, 6.07) is 7.80. The third-order valence-electron chi connectivity index (χ3n) is 2.81. The van der Waals surface area contributed by atoms with Crippen molar-refractivity contribution in [3.8, 4) is 5.75 Å². The number of aromatic nitrogens is 2. The lowest BCUT2D eigenvalue weighted by molar-refractivity contribution is 0.466. The Labute approximate surface area is 107 Å². The second-order valence-electron chi connectivity index (χ2n) is 4.40. The molecule has 18 heavy (non-hydrogen) atoms. The van der Waals surface area contributed by atoms with E-state index in [0.29, 0.717) is 12.3 Å². The van der Waals surface area contributed by atoms with E-state index < -0.39 is 0 Å². The quantitative estimate of drug-likeness (QED) is 0.863. The molecule has 4 nitrogen and oxygen atoms in total. The summed E-state index contributed by atoms with van der Waals surface area (Å²) in [5.74, 6) is 0.382. The van der Waals surface area contributed by atoms with E-state index >= 15 is 0 Å². The van der Waals surface area contributed by atoms with Crippen molar-refractivity contribution in [3.05, 3.63) is 52.8 Å². The molecule has 0 aliphatic carbocycles. The van der Waals surface area contributed by atoms with Crippen LogP contribution in [0.3, 0.4) is 0 Å². The minimum atomic E-state index is 0.382. The van der Waals surface area contributed by atoms with Crippen LogP contribution in [0.1, 0.15) is 22.4 Å². The van der Waals surface area contributed by atoms with E-state index in [0.717, 1.165) is 28.9 Å². The van der Waals surface area contributed by atoms with Crippen molar-refractivity contribution in [1.29, 1.82) is 0 Å². The second kappa shape index (κ2) is 5.60. The van der Waals surface area contributed by atoms with Gasteiger partial charge in [0.05, 0.1) is 5.69 Å². The summed E-state index contributed by atoms with van der Waals surface area (Å²) in [7, 11) is 0. The molecule has 0 aliphatic heterocycles. The normalized spacial score (nSPS) is 10.6. The van der Waals surface area contributed by atoms with Crippen LogP contribution in [0.5, 0.6) is 5.75 Å². The summed E-state index contributed by atoms with van der Waals surface area (Å²) in [6.07, 6.45) is 1.66. The summed E-state index contributed by atoms with van der Waals surface area (Å²) in [4.78, 5) is 0. The van der Waals surface area contributed by atoms with Crippen molar-refractivity contribution in [1.82, 2.24) is 15.5 Å². The van der Waals surface area contributed by atoms with Gasteiger partial charge in [-0.15, -0.1) is 0 Å². The number of nitrogens with zero attached hydrogens (tertiary/aromatic N) is 2. The van der Waals surface area contributed by atoms with Crippen LogP contribution >= 0.6 is 0 Å². The molecule has 0 amide bonds. The number of nitrogens with one attached hydrogen (secondary N) is 1. The van der Waals surface area contributed by atoms with E-state index in [1.54, 1.807) is 6.20 Å². The van der Waals surface area contributed by atoms with E-state index in [2.05, 4.69) is 15.5 Å². The minimum absolute atomic E-state index is 0.382.